The SMILES string of the molecule is Cc1ccc(-c2nc3cc(F)ccc3n2C)cc1NC(=O)N1CCC(C(=O)O)C1. The third-order valence-corrected chi connectivity index (χ3v) is 5.40. The maximum Gasteiger partial charge on any atom is 0.321 e. The molecule has 150 valence electrons. The molecule has 4 rings (SSSR count). The second kappa shape index (κ2) is 7.20. The number of carbonyl (C=O) groups excluding carboxylic acids is 1. The van der Waals surface area contributed by atoms with E-state index in [0.717, 1.165) is 16.6 Å². The third kappa shape index (κ3) is 3.53. The number of nitrogens with one attached hydrogen (secondary N) is 1. The molecule has 2 heterocycles. The van der Waals surface area contributed by atoms with Gasteiger partial charge in [0.05, 0.1) is 17.0 Å². The topological polar surface area (TPSA) is 87.5 Å². The van der Waals surface area contributed by atoms with Gasteiger partial charge in [-0.25, -0.2) is 14.2 Å². The van der Waals surface area contributed by atoms with Crippen LogP contribution in [0.5, 0.6) is 0 Å². The Balaban J connectivity index is 1.61. The maximum atomic E-state index is 13.5. The lowest BCUT2D eigenvalue weighted by Gasteiger charge is -2.18. The Hall–Kier alpha value is -3.42. The number of aryl methyl sites for hydroxylation is 2. The van der Waals surface area contributed by atoms with Crippen molar-refractivity contribution in [2.24, 2.45) is 13.0 Å². The summed E-state index contributed by atoms with van der Waals surface area (Å²) in [6.45, 7) is 2.50. The zero-order valence-corrected chi connectivity index (χ0v) is 16.1. The van der Waals surface area contributed by atoms with Crippen molar-refractivity contribution >= 4 is 28.7 Å². The number of aliphatic carboxylic acids is 1. The van der Waals surface area contributed by atoms with E-state index in [-0.39, 0.29) is 18.4 Å². The van der Waals surface area contributed by atoms with Gasteiger partial charge in [0.15, 0.2) is 0 Å². The monoisotopic (exact) mass is 396 g/mol. The van der Waals surface area contributed by atoms with Gasteiger partial charge in [0.25, 0.3) is 0 Å². The minimum Gasteiger partial charge on any atom is -0.481 e. The summed E-state index contributed by atoms with van der Waals surface area (Å²) >= 11 is 0. The summed E-state index contributed by atoms with van der Waals surface area (Å²) in [5.41, 5.74) is 3.66. The number of anilines is 1. The maximum absolute atomic E-state index is 13.5. The van der Waals surface area contributed by atoms with Crippen molar-refractivity contribution in [1.29, 1.82) is 0 Å². The van der Waals surface area contributed by atoms with Gasteiger partial charge in [-0.3, -0.25) is 4.79 Å². The lowest BCUT2D eigenvalue weighted by molar-refractivity contribution is -0.141. The summed E-state index contributed by atoms with van der Waals surface area (Å²) < 4.78 is 15.4. The van der Waals surface area contributed by atoms with Crippen LogP contribution in [0.1, 0.15) is 12.0 Å². The molecule has 7 nitrogen and oxygen atoms in total. The van der Waals surface area contributed by atoms with Crippen LogP contribution in [0.15, 0.2) is 36.4 Å². The number of carboxylic acids is 1. The molecule has 2 N–H and O–H groups in total. The van der Waals surface area contributed by atoms with Crippen LogP contribution < -0.4 is 5.32 Å². The summed E-state index contributed by atoms with van der Waals surface area (Å²) in [5, 5.41) is 12.0. The molecular formula is C21H21FN4O3. The Bertz CT molecular complexity index is 1120. The highest BCUT2D eigenvalue weighted by Crippen LogP contribution is 2.28. The van der Waals surface area contributed by atoms with Gasteiger partial charge in [0.2, 0.25) is 0 Å². The average Bonchev–Trinajstić information content (AvgIpc) is 3.29. The molecule has 8 heteroatoms. The van der Waals surface area contributed by atoms with Crippen LogP contribution in [-0.4, -0.2) is 44.6 Å². The molecule has 0 saturated carbocycles. The fourth-order valence-corrected chi connectivity index (χ4v) is 3.67. The van der Waals surface area contributed by atoms with Gasteiger partial charge in [-0.05, 0) is 37.1 Å². The smallest absolute Gasteiger partial charge is 0.321 e. The number of benzene rings is 2. The average molecular weight is 396 g/mol. The summed E-state index contributed by atoms with van der Waals surface area (Å²) in [7, 11) is 1.86. The molecule has 0 radical (unpaired) electrons. The molecule has 1 aromatic heterocycles. The molecule has 0 aliphatic carbocycles. The number of likely N-dealkylation sites (tertiary alicyclic amines) is 1. The van der Waals surface area contributed by atoms with Crippen LogP contribution in [0.4, 0.5) is 14.9 Å². The first-order valence-electron chi connectivity index (χ1n) is 9.35. The number of hydrogen-bond acceptors (Lipinski definition) is 3. The number of urea groups is 1. The van der Waals surface area contributed by atoms with Gasteiger partial charge < -0.3 is 19.9 Å². The fourth-order valence-electron chi connectivity index (χ4n) is 3.67. The van der Waals surface area contributed by atoms with E-state index in [9.17, 15) is 14.0 Å². The van der Waals surface area contributed by atoms with E-state index in [0.29, 0.717) is 30.0 Å². The molecule has 1 aliphatic rings. The van der Waals surface area contributed by atoms with Crippen LogP contribution in [0.25, 0.3) is 22.4 Å². The van der Waals surface area contributed by atoms with Crippen molar-refractivity contribution in [1.82, 2.24) is 14.5 Å². The van der Waals surface area contributed by atoms with Crippen molar-refractivity contribution < 1.29 is 19.1 Å². The number of imidazole rings is 1. The summed E-state index contributed by atoms with van der Waals surface area (Å²) in [6, 6.07) is 9.77. The first-order chi connectivity index (χ1) is 13.8. The van der Waals surface area contributed by atoms with Gasteiger partial charge in [-0.15, -0.1) is 0 Å². The van der Waals surface area contributed by atoms with Crippen LogP contribution in [0, 0.1) is 18.7 Å². The first-order valence-corrected chi connectivity index (χ1v) is 9.35. The predicted octanol–water partition coefficient (Wildman–Crippen LogP) is 3.63. The number of halogens is 1. The number of rotatable bonds is 3. The second-order valence-corrected chi connectivity index (χ2v) is 7.36. The number of fused-ring (bicyclic) bond motifs is 1. The minimum absolute atomic E-state index is 0.205. The zero-order chi connectivity index (χ0) is 20.7. The van der Waals surface area contributed by atoms with E-state index >= 15 is 0 Å². The molecule has 0 bridgehead atoms. The van der Waals surface area contributed by atoms with Crippen LogP contribution >= 0.6 is 0 Å². The summed E-state index contributed by atoms with van der Waals surface area (Å²) in [5.74, 6) is -1.08. The third-order valence-electron chi connectivity index (χ3n) is 5.40. The van der Waals surface area contributed by atoms with Crippen LogP contribution in [0.3, 0.4) is 0 Å². The number of carboxylic acid groups (broad SMARTS) is 1. The molecule has 1 atom stereocenters. The molecule has 3 aromatic rings. The standard InChI is InChI=1S/C21H21FN4O3/c1-12-3-4-13(19-23-17-10-15(22)5-6-18(17)25(19)2)9-16(12)24-21(29)26-8-7-14(11-26)20(27)28/h3-6,9-10,14H,7-8,11H2,1-2H3,(H,24,29)(H,27,28). The highest BCUT2D eigenvalue weighted by Gasteiger charge is 2.31. The largest absolute Gasteiger partial charge is 0.481 e. The molecular weight excluding hydrogens is 375 g/mol. The van der Waals surface area contributed by atoms with Crippen molar-refractivity contribution in [2.75, 3.05) is 18.4 Å². The Morgan fingerprint density at radius 3 is 2.76 bits per heavy atom. The van der Waals surface area contributed by atoms with E-state index in [1.54, 1.807) is 6.07 Å². The molecule has 1 saturated heterocycles. The quantitative estimate of drug-likeness (QED) is 0.708. The Labute approximate surface area is 166 Å². The van der Waals surface area contributed by atoms with E-state index in [1.165, 1.54) is 17.0 Å². The van der Waals surface area contributed by atoms with E-state index in [4.69, 9.17) is 5.11 Å². The molecule has 29 heavy (non-hydrogen) atoms. The number of nitrogens with zero attached hydrogens (tertiary/aromatic N) is 3. The second-order valence-electron chi connectivity index (χ2n) is 7.36. The van der Waals surface area contributed by atoms with Crippen LogP contribution in [0.2, 0.25) is 0 Å². The van der Waals surface area contributed by atoms with Gasteiger partial charge in [0.1, 0.15) is 11.6 Å². The Morgan fingerprint density at radius 1 is 1.24 bits per heavy atom. The van der Waals surface area contributed by atoms with Crippen molar-refractivity contribution in [3.63, 3.8) is 0 Å². The van der Waals surface area contributed by atoms with Gasteiger partial charge in [-0.2, -0.15) is 0 Å². The predicted molar refractivity (Wildman–Crippen MR) is 107 cm³/mol. The van der Waals surface area contributed by atoms with Crippen molar-refractivity contribution in [3.05, 3.63) is 47.8 Å². The lowest BCUT2D eigenvalue weighted by Crippen LogP contribution is -2.34. The van der Waals surface area contributed by atoms with E-state index in [2.05, 4.69) is 10.3 Å². The lowest BCUT2D eigenvalue weighted by atomic mass is 10.1. The van der Waals surface area contributed by atoms with Crippen molar-refractivity contribution in [3.8, 4) is 11.4 Å². The van der Waals surface area contributed by atoms with E-state index in [1.807, 2.05) is 36.7 Å². The zero-order valence-electron chi connectivity index (χ0n) is 16.1. The van der Waals surface area contributed by atoms with Gasteiger partial charge >= 0.3 is 12.0 Å². The normalized spacial score (nSPS) is 16.4. The molecule has 1 fully saturated rings. The minimum atomic E-state index is -0.878. The number of aromatic nitrogens is 2. The summed E-state index contributed by atoms with van der Waals surface area (Å²) in [6.07, 6.45) is 0.457. The highest BCUT2D eigenvalue weighted by molar-refractivity contribution is 5.92. The molecule has 2 amide bonds. The number of hydrogen-bond donors (Lipinski definition) is 2. The number of amides is 2. The Kier molecular flexibility index (Phi) is 4.70. The van der Waals surface area contributed by atoms with Gasteiger partial charge in [0, 0.05) is 37.5 Å². The van der Waals surface area contributed by atoms with Crippen LogP contribution in [-0.2, 0) is 11.8 Å². The van der Waals surface area contributed by atoms with Gasteiger partial charge in [-0.1, -0.05) is 12.1 Å². The van der Waals surface area contributed by atoms with E-state index < -0.39 is 11.9 Å². The Morgan fingerprint density at radius 2 is 2.03 bits per heavy atom. The highest BCUT2D eigenvalue weighted by atomic mass is 19.1. The molecule has 0 spiro atoms. The summed E-state index contributed by atoms with van der Waals surface area (Å²) in [4.78, 5) is 29.8. The van der Waals surface area contributed by atoms with Crippen molar-refractivity contribution in [2.45, 2.75) is 13.3 Å². The molecule has 1 aliphatic heterocycles. The molecule has 2 aromatic carbocycles. The fraction of sp³-hybridized carbons (Fsp3) is 0.286. The molecule has 1 unspecified atom stereocenters. The first kappa shape index (κ1) is 18.9. The number of carbonyl (C=O) groups is 2.